The number of halogens is 4. The lowest BCUT2D eigenvalue weighted by molar-refractivity contribution is -0.146. The van der Waals surface area contributed by atoms with Crippen LogP contribution in [0.25, 0.3) is 10.6 Å². The van der Waals surface area contributed by atoms with Gasteiger partial charge in [0.25, 0.3) is 0 Å². The average molecular weight is 332 g/mol. The van der Waals surface area contributed by atoms with Crippen molar-refractivity contribution >= 4 is 22.2 Å². The first-order chi connectivity index (χ1) is 10.4. The van der Waals surface area contributed by atoms with Crippen LogP contribution in [0, 0.1) is 5.82 Å². The highest BCUT2D eigenvalue weighted by Gasteiger charge is 2.46. The van der Waals surface area contributed by atoms with Gasteiger partial charge in [0.05, 0.1) is 5.69 Å². The molecule has 0 amide bonds. The molecule has 0 radical (unpaired) electrons. The van der Waals surface area contributed by atoms with E-state index in [0.717, 1.165) is 16.2 Å². The zero-order chi connectivity index (χ0) is 15.9. The molecule has 1 aliphatic rings. The van der Waals surface area contributed by atoms with Gasteiger partial charge in [-0.05, 0) is 31.0 Å². The molecular weight excluding hydrogens is 320 g/mol. The molecule has 1 unspecified atom stereocenters. The van der Waals surface area contributed by atoms with E-state index in [1.165, 1.54) is 18.2 Å². The van der Waals surface area contributed by atoms with Crippen molar-refractivity contribution in [3.05, 3.63) is 24.0 Å². The van der Waals surface area contributed by atoms with E-state index >= 15 is 0 Å². The third kappa shape index (κ3) is 2.72. The summed E-state index contributed by atoms with van der Waals surface area (Å²) >= 11 is 1.09. The number of hydrogen-bond donors (Lipinski definition) is 1. The van der Waals surface area contributed by atoms with Crippen molar-refractivity contribution < 1.29 is 17.6 Å². The van der Waals surface area contributed by atoms with Crippen LogP contribution in [0.5, 0.6) is 0 Å². The topological polar surface area (TPSA) is 55.0 Å². The standard InChI is InChI=1S/C13H12F4N4S/c14-8-6-7(11-19-20-12(18)22-11)3-4-9(8)21-5-1-2-10(21)13(15,16)17/h3-4,6,10H,1-2,5H2,(H2,18,20). The van der Waals surface area contributed by atoms with Crippen LogP contribution >= 0.6 is 11.3 Å². The Kier molecular flexibility index (Phi) is 3.67. The van der Waals surface area contributed by atoms with Gasteiger partial charge in [-0.1, -0.05) is 11.3 Å². The van der Waals surface area contributed by atoms with E-state index in [-0.39, 0.29) is 23.8 Å². The minimum Gasteiger partial charge on any atom is -0.374 e. The summed E-state index contributed by atoms with van der Waals surface area (Å²) < 4.78 is 53.2. The summed E-state index contributed by atoms with van der Waals surface area (Å²) in [6.45, 7) is 0.187. The number of nitrogen functional groups attached to an aromatic ring is 1. The fourth-order valence-electron chi connectivity index (χ4n) is 2.62. The first-order valence-electron chi connectivity index (χ1n) is 6.58. The Bertz CT molecular complexity index is 685. The van der Waals surface area contributed by atoms with Gasteiger partial charge in [0.1, 0.15) is 16.9 Å². The van der Waals surface area contributed by atoms with Crippen molar-refractivity contribution in [2.45, 2.75) is 25.1 Å². The predicted molar refractivity (Wildman–Crippen MR) is 76.1 cm³/mol. The lowest BCUT2D eigenvalue weighted by Gasteiger charge is -2.28. The smallest absolute Gasteiger partial charge is 0.374 e. The number of nitrogens with zero attached hydrogens (tertiary/aromatic N) is 3. The van der Waals surface area contributed by atoms with Crippen LogP contribution in [-0.2, 0) is 0 Å². The normalized spacial score (nSPS) is 18.9. The summed E-state index contributed by atoms with van der Waals surface area (Å²) in [4.78, 5) is 1.08. The fourth-order valence-corrected chi connectivity index (χ4v) is 3.23. The average Bonchev–Trinajstić information content (AvgIpc) is 3.06. The van der Waals surface area contributed by atoms with Crippen LogP contribution in [0.1, 0.15) is 12.8 Å². The number of alkyl halides is 3. The van der Waals surface area contributed by atoms with E-state index in [2.05, 4.69) is 10.2 Å². The Morgan fingerprint density at radius 1 is 1.27 bits per heavy atom. The van der Waals surface area contributed by atoms with E-state index in [1.807, 2.05) is 0 Å². The number of hydrogen-bond acceptors (Lipinski definition) is 5. The second-order valence-corrected chi connectivity index (χ2v) is 6.01. The zero-order valence-electron chi connectivity index (χ0n) is 11.3. The number of aromatic nitrogens is 2. The highest BCUT2D eigenvalue weighted by molar-refractivity contribution is 7.18. The number of anilines is 2. The van der Waals surface area contributed by atoms with Crippen LogP contribution in [-0.4, -0.2) is 29.0 Å². The molecule has 2 aromatic rings. The molecule has 4 nitrogen and oxygen atoms in total. The van der Waals surface area contributed by atoms with Crippen LogP contribution in [0.2, 0.25) is 0 Å². The Morgan fingerprint density at radius 2 is 2.05 bits per heavy atom. The second kappa shape index (κ2) is 5.38. The van der Waals surface area contributed by atoms with Crippen molar-refractivity contribution in [2.75, 3.05) is 17.2 Å². The van der Waals surface area contributed by atoms with Crippen LogP contribution in [0.3, 0.4) is 0 Å². The lowest BCUT2D eigenvalue weighted by Crippen LogP contribution is -2.41. The number of benzene rings is 1. The van der Waals surface area contributed by atoms with Gasteiger partial charge in [-0.15, -0.1) is 10.2 Å². The molecule has 0 spiro atoms. The molecule has 1 atom stereocenters. The second-order valence-electron chi connectivity index (χ2n) is 5.00. The van der Waals surface area contributed by atoms with Gasteiger partial charge in [0, 0.05) is 12.1 Å². The summed E-state index contributed by atoms with van der Waals surface area (Å²) in [6, 6.07) is 2.42. The lowest BCUT2D eigenvalue weighted by atomic mass is 10.1. The minimum absolute atomic E-state index is 0.0162. The molecule has 1 aliphatic heterocycles. The van der Waals surface area contributed by atoms with Crippen molar-refractivity contribution in [3.63, 3.8) is 0 Å². The molecule has 1 aromatic carbocycles. The first-order valence-corrected chi connectivity index (χ1v) is 7.40. The monoisotopic (exact) mass is 332 g/mol. The summed E-state index contributed by atoms with van der Waals surface area (Å²) in [5.41, 5.74) is 5.87. The quantitative estimate of drug-likeness (QED) is 0.856. The molecule has 2 N–H and O–H groups in total. The molecule has 2 heterocycles. The van der Waals surface area contributed by atoms with Gasteiger partial charge in [0.15, 0.2) is 0 Å². The SMILES string of the molecule is Nc1nnc(-c2ccc(N3CCCC3C(F)(F)F)c(F)c2)s1. The molecule has 22 heavy (non-hydrogen) atoms. The molecule has 3 rings (SSSR count). The van der Waals surface area contributed by atoms with Gasteiger partial charge in [-0.3, -0.25) is 0 Å². The summed E-state index contributed by atoms with van der Waals surface area (Å²) in [5.74, 6) is -0.706. The summed E-state index contributed by atoms with van der Waals surface area (Å²) in [5, 5.41) is 8.10. The maximum Gasteiger partial charge on any atom is 0.408 e. The fraction of sp³-hybridized carbons (Fsp3) is 0.385. The van der Waals surface area contributed by atoms with Gasteiger partial charge in [-0.25, -0.2) is 4.39 Å². The summed E-state index contributed by atoms with van der Waals surface area (Å²) in [7, 11) is 0. The van der Waals surface area contributed by atoms with Gasteiger partial charge < -0.3 is 10.6 Å². The van der Waals surface area contributed by atoms with Crippen molar-refractivity contribution in [1.82, 2.24) is 10.2 Å². The van der Waals surface area contributed by atoms with Gasteiger partial charge in [0.2, 0.25) is 5.13 Å². The van der Waals surface area contributed by atoms with Gasteiger partial charge in [-0.2, -0.15) is 13.2 Å². The van der Waals surface area contributed by atoms with Gasteiger partial charge >= 0.3 is 6.18 Å². The maximum atomic E-state index is 14.3. The largest absolute Gasteiger partial charge is 0.408 e. The first kappa shape index (κ1) is 15.0. The molecule has 9 heteroatoms. The van der Waals surface area contributed by atoms with Crippen LogP contribution in [0.15, 0.2) is 18.2 Å². The Morgan fingerprint density at radius 3 is 2.64 bits per heavy atom. The van der Waals surface area contributed by atoms with Crippen molar-refractivity contribution in [3.8, 4) is 10.6 Å². The highest BCUT2D eigenvalue weighted by atomic mass is 32.1. The molecule has 118 valence electrons. The molecule has 0 bridgehead atoms. The van der Waals surface area contributed by atoms with E-state index in [4.69, 9.17) is 5.73 Å². The van der Waals surface area contributed by atoms with Crippen LogP contribution < -0.4 is 10.6 Å². The van der Waals surface area contributed by atoms with E-state index in [9.17, 15) is 17.6 Å². The molecule has 0 aliphatic carbocycles. The Balaban J connectivity index is 1.92. The molecule has 0 saturated carbocycles. The van der Waals surface area contributed by atoms with E-state index < -0.39 is 18.0 Å². The van der Waals surface area contributed by atoms with Crippen molar-refractivity contribution in [2.24, 2.45) is 0 Å². The third-order valence-corrected chi connectivity index (χ3v) is 4.38. The minimum atomic E-state index is -4.37. The highest BCUT2D eigenvalue weighted by Crippen LogP contribution is 2.38. The number of rotatable bonds is 2. The molecule has 1 aromatic heterocycles. The number of nitrogens with two attached hydrogens (primary N) is 1. The van der Waals surface area contributed by atoms with E-state index in [1.54, 1.807) is 0 Å². The Labute approximate surface area is 127 Å². The zero-order valence-corrected chi connectivity index (χ0v) is 12.1. The van der Waals surface area contributed by atoms with E-state index in [0.29, 0.717) is 17.0 Å². The molecular formula is C13H12F4N4S. The summed E-state index contributed by atoms with van der Waals surface area (Å²) in [6.07, 6.45) is -3.99. The van der Waals surface area contributed by atoms with Crippen LogP contribution in [0.4, 0.5) is 28.4 Å². The Hall–Kier alpha value is -1.90. The molecule has 1 saturated heterocycles. The predicted octanol–water partition coefficient (Wildman–Crippen LogP) is 3.46. The maximum absolute atomic E-state index is 14.3. The third-order valence-electron chi connectivity index (χ3n) is 3.58. The van der Waals surface area contributed by atoms with Crippen molar-refractivity contribution in [1.29, 1.82) is 0 Å². The molecule has 1 fully saturated rings.